The van der Waals surface area contributed by atoms with E-state index in [1.165, 1.54) is 7.11 Å². The first-order valence-electron chi connectivity index (χ1n) is 4.02. The van der Waals surface area contributed by atoms with Gasteiger partial charge in [0.2, 0.25) is 9.05 Å². The van der Waals surface area contributed by atoms with Crippen molar-refractivity contribution < 1.29 is 18.3 Å². The van der Waals surface area contributed by atoms with Gasteiger partial charge in [-0.05, 0) is 19.3 Å². The van der Waals surface area contributed by atoms with Gasteiger partial charge in [-0.15, -0.1) is 0 Å². The fourth-order valence-corrected chi connectivity index (χ4v) is 3.00. The summed E-state index contributed by atoms with van der Waals surface area (Å²) in [5, 5.41) is 9.34. The fraction of sp³-hybridized carbons (Fsp3) is 1.00. The monoisotopic (exact) mass is 228 g/mol. The van der Waals surface area contributed by atoms with E-state index < -0.39 is 19.9 Å². The van der Waals surface area contributed by atoms with Crippen molar-refractivity contribution in [3.63, 3.8) is 0 Å². The highest BCUT2D eigenvalue weighted by atomic mass is 35.7. The van der Waals surface area contributed by atoms with Gasteiger partial charge < -0.3 is 9.84 Å². The lowest BCUT2D eigenvalue weighted by molar-refractivity contribution is 0.0575. The summed E-state index contributed by atoms with van der Waals surface area (Å²) < 4.78 is 26.0. The van der Waals surface area contributed by atoms with Crippen LogP contribution in [0.4, 0.5) is 0 Å². The lowest BCUT2D eigenvalue weighted by Gasteiger charge is -2.15. The summed E-state index contributed by atoms with van der Waals surface area (Å²) in [6, 6.07) is 0. The molecule has 0 aromatic carbocycles. The molecule has 13 heavy (non-hydrogen) atoms. The summed E-state index contributed by atoms with van der Waals surface area (Å²) in [4.78, 5) is 0. The SMILES string of the molecule is COCC(O)CC1(S(=O)(=O)Cl)CC1. The summed E-state index contributed by atoms with van der Waals surface area (Å²) in [6.07, 6.45) is 0.507. The highest BCUT2D eigenvalue weighted by molar-refractivity contribution is 8.15. The highest BCUT2D eigenvalue weighted by Crippen LogP contribution is 2.49. The van der Waals surface area contributed by atoms with E-state index in [0.29, 0.717) is 12.8 Å². The second-order valence-electron chi connectivity index (χ2n) is 3.43. The van der Waals surface area contributed by atoms with Crippen molar-refractivity contribution in [2.75, 3.05) is 13.7 Å². The van der Waals surface area contributed by atoms with Gasteiger partial charge in [-0.2, -0.15) is 0 Å². The molecule has 0 radical (unpaired) electrons. The standard InChI is InChI=1S/C7H13ClO4S/c1-12-5-6(9)4-7(2-3-7)13(8,10)11/h6,9H,2-5H2,1H3. The molecule has 6 heteroatoms. The highest BCUT2D eigenvalue weighted by Gasteiger charge is 2.54. The molecule has 0 amide bonds. The zero-order chi connectivity index (χ0) is 10.1. The number of ether oxygens (including phenoxy) is 1. The van der Waals surface area contributed by atoms with Gasteiger partial charge in [0, 0.05) is 17.8 Å². The average Bonchev–Trinajstić information content (AvgIpc) is 2.67. The van der Waals surface area contributed by atoms with Gasteiger partial charge in [-0.1, -0.05) is 0 Å². The number of halogens is 1. The average molecular weight is 229 g/mol. The Kier molecular flexibility index (Phi) is 3.22. The zero-order valence-corrected chi connectivity index (χ0v) is 8.94. The largest absolute Gasteiger partial charge is 0.391 e. The molecule has 0 aromatic rings. The van der Waals surface area contributed by atoms with E-state index in [4.69, 9.17) is 15.4 Å². The van der Waals surface area contributed by atoms with E-state index in [2.05, 4.69) is 0 Å². The predicted octanol–water partition coefficient (Wildman–Crippen LogP) is 0.485. The fourth-order valence-electron chi connectivity index (χ4n) is 1.37. The number of hydrogen-bond acceptors (Lipinski definition) is 4. The van der Waals surface area contributed by atoms with Gasteiger partial charge in [0.25, 0.3) is 0 Å². The Balaban J connectivity index is 2.54. The van der Waals surface area contributed by atoms with Gasteiger partial charge in [0.15, 0.2) is 0 Å². The first-order chi connectivity index (χ1) is 5.91. The minimum atomic E-state index is -3.55. The smallest absolute Gasteiger partial charge is 0.238 e. The van der Waals surface area contributed by atoms with Crippen molar-refractivity contribution in [3.05, 3.63) is 0 Å². The van der Waals surface area contributed by atoms with Crippen LogP contribution < -0.4 is 0 Å². The van der Waals surface area contributed by atoms with E-state index in [9.17, 15) is 13.5 Å². The molecule has 0 aliphatic heterocycles. The van der Waals surface area contributed by atoms with Crippen LogP contribution >= 0.6 is 10.7 Å². The molecule has 4 nitrogen and oxygen atoms in total. The molecular formula is C7H13ClO4S. The Labute approximate surface area is 82.3 Å². The van der Waals surface area contributed by atoms with Crippen LogP contribution in [-0.2, 0) is 13.8 Å². The second-order valence-corrected chi connectivity index (χ2v) is 6.39. The molecule has 1 unspecified atom stereocenters. The maximum atomic E-state index is 11.1. The minimum absolute atomic E-state index is 0.147. The molecule has 0 spiro atoms. The van der Waals surface area contributed by atoms with E-state index in [-0.39, 0.29) is 13.0 Å². The number of methoxy groups -OCH3 is 1. The molecule has 1 atom stereocenters. The molecule has 1 aliphatic rings. The zero-order valence-electron chi connectivity index (χ0n) is 7.36. The molecule has 0 bridgehead atoms. The van der Waals surface area contributed by atoms with Gasteiger partial charge in [-0.25, -0.2) is 8.42 Å². The first kappa shape index (κ1) is 11.2. The van der Waals surface area contributed by atoms with Crippen LogP contribution in [0, 0.1) is 0 Å². The minimum Gasteiger partial charge on any atom is -0.391 e. The van der Waals surface area contributed by atoms with Gasteiger partial charge >= 0.3 is 0 Å². The third-order valence-corrected chi connectivity index (χ3v) is 4.88. The molecule has 1 N–H and O–H groups in total. The molecule has 1 saturated carbocycles. The number of hydrogen-bond donors (Lipinski definition) is 1. The second kappa shape index (κ2) is 3.73. The summed E-state index contributed by atoms with van der Waals surface area (Å²) in [6.45, 7) is 0.147. The molecule has 1 fully saturated rings. The molecular weight excluding hydrogens is 216 g/mol. The maximum Gasteiger partial charge on any atom is 0.238 e. The predicted molar refractivity (Wildman–Crippen MR) is 49.2 cm³/mol. The van der Waals surface area contributed by atoms with Gasteiger partial charge in [0.1, 0.15) is 0 Å². The van der Waals surface area contributed by atoms with Crippen LogP contribution in [0.25, 0.3) is 0 Å². The summed E-state index contributed by atoms with van der Waals surface area (Å²) >= 11 is 0. The Morgan fingerprint density at radius 3 is 2.46 bits per heavy atom. The van der Waals surface area contributed by atoms with E-state index in [0.717, 1.165) is 0 Å². The van der Waals surface area contributed by atoms with E-state index >= 15 is 0 Å². The van der Waals surface area contributed by atoms with Crippen molar-refractivity contribution in [1.29, 1.82) is 0 Å². The van der Waals surface area contributed by atoms with Gasteiger partial charge in [0.05, 0.1) is 17.5 Å². The first-order valence-corrected chi connectivity index (χ1v) is 6.33. The van der Waals surface area contributed by atoms with Crippen molar-refractivity contribution in [1.82, 2.24) is 0 Å². The van der Waals surface area contributed by atoms with Crippen molar-refractivity contribution in [2.45, 2.75) is 30.1 Å². The topological polar surface area (TPSA) is 63.6 Å². The maximum absolute atomic E-state index is 11.1. The molecule has 78 valence electrons. The van der Waals surface area contributed by atoms with Crippen LogP contribution in [0.3, 0.4) is 0 Å². The normalized spacial score (nSPS) is 22.7. The Hall–Kier alpha value is 0.160. The summed E-state index contributed by atoms with van der Waals surface area (Å²) in [7, 11) is 3.16. The third-order valence-electron chi connectivity index (χ3n) is 2.29. The lowest BCUT2D eigenvalue weighted by Crippen LogP contribution is -2.27. The quantitative estimate of drug-likeness (QED) is 0.696. The van der Waals surface area contributed by atoms with Crippen molar-refractivity contribution in [2.24, 2.45) is 0 Å². The molecule has 0 aromatic heterocycles. The van der Waals surface area contributed by atoms with Crippen LogP contribution in [0.2, 0.25) is 0 Å². The van der Waals surface area contributed by atoms with Crippen LogP contribution in [-0.4, -0.2) is 38.1 Å². The van der Waals surface area contributed by atoms with E-state index in [1.807, 2.05) is 0 Å². The summed E-state index contributed by atoms with van der Waals surface area (Å²) in [5.41, 5.74) is 0. The molecule has 0 saturated heterocycles. The van der Waals surface area contributed by atoms with Crippen molar-refractivity contribution in [3.8, 4) is 0 Å². The molecule has 1 rings (SSSR count). The number of rotatable bonds is 5. The third kappa shape index (κ3) is 2.56. The Morgan fingerprint density at radius 1 is 1.62 bits per heavy atom. The Morgan fingerprint density at radius 2 is 2.15 bits per heavy atom. The van der Waals surface area contributed by atoms with E-state index in [1.54, 1.807) is 0 Å². The number of aliphatic hydroxyl groups excluding tert-OH is 1. The summed E-state index contributed by atoms with van der Waals surface area (Å²) in [5.74, 6) is 0. The lowest BCUT2D eigenvalue weighted by atomic mass is 10.2. The Bertz CT molecular complexity index is 270. The van der Waals surface area contributed by atoms with Crippen LogP contribution in [0.5, 0.6) is 0 Å². The molecule has 1 aliphatic carbocycles. The van der Waals surface area contributed by atoms with Crippen LogP contribution in [0.15, 0.2) is 0 Å². The van der Waals surface area contributed by atoms with Crippen molar-refractivity contribution >= 4 is 19.7 Å². The molecule has 0 heterocycles. The van der Waals surface area contributed by atoms with Crippen LogP contribution in [0.1, 0.15) is 19.3 Å². The van der Waals surface area contributed by atoms with Gasteiger partial charge in [-0.3, -0.25) is 0 Å². The number of aliphatic hydroxyl groups is 1.